The molecule has 15 nitrogen and oxygen atoms in total. The highest BCUT2D eigenvalue weighted by Gasteiger charge is 2.44. The van der Waals surface area contributed by atoms with E-state index < -0.39 is 29.5 Å². The highest BCUT2D eigenvalue weighted by Crippen LogP contribution is 2.34. The zero-order valence-electron chi connectivity index (χ0n) is 35.7. The molecule has 0 aliphatic carbocycles. The topological polar surface area (TPSA) is 216 Å². The van der Waals surface area contributed by atoms with Gasteiger partial charge in [0.05, 0.1) is 39.6 Å². The number of benzene rings is 2. The highest BCUT2D eigenvalue weighted by molar-refractivity contribution is 7.13. The number of aromatic nitrogens is 3. The molecule has 6 rings (SSSR count). The van der Waals surface area contributed by atoms with Gasteiger partial charge in [-0.05, 0) is 74.3 Å². The van der Waals surface area contributed by atoms with Crippen LogP contribution in [0.1, 0.15) is 89.9 Å². The van der Waals surface area contributed by atoms with Crippen LogP contribution in [0.2, 0.25) is 0 Å². The van der Waals surface area contributed by atoms with E-state index in [1.807, 2.05) is 76.5 Å². The van der Waals surface area contributed by atoms with Crippen molar-refractivity contribution in [1.29, 1.82) is 0 Å². The number of aryl methyl sites for hydroxylation is 1. The van der Waals surface area contributed by atoms with Gasteiger partial charge in [0, 0.05) is 50.5 Å². The number of phenolic OH excluding ortho intramolecular Hbond substituents is 1. The van der Waals surface area contributed by atoms with Gasteiger partial charge in [0.25, 0.3) is 0 Å². The average molecular weight is 854 g/mol. The number of aromatic hydroxyl groups is 1. The second-order valence-electron chi connectivity index (χ2n) is 17.3. The van der Waals surface area contributed by atoms with Crippen molar-refractivity contribution >= 4 is 46.5 Å². The fourth-order valence-corrected chi connectivity index (χ4v) is 8.85. The summed E-state index contributed by atoms with van der Waals surface area (Å²) in [7, 11) is 0. The number of aliphatic hydroxyl groups excluding tert-OH is 1. The third-order valence-electron chi connectivity index (χ3n) is 11.6. The van der Waals surface area contributed by atoms with E-state index in [0.717, 1.165) is 27.4 Å². The number of piperidine rings is 1. The van der Waals surface area contributed by atoms with Crippen LogP contribution in [-0.2, 0) is 19.2 Å². The molecule has 16 heteroatoms. The number of para-hydroxylation sites is 1. The van der Waals surface area contributed by atoms with Crippen LogP contribution < -0.4 is 26.6 Å². The van der Waals surface area contributed by atoms with Crippen molar-refractivity contribution in [2.75, 3.05) is 36.8 Å². The number of likely N-dealkylation sites (tertiary alicyclic amines) is 1. The van der Waals surface area contributed by atoms with Crippen molar-refractivity contribution in [3.05, 3.63) is 71.4 Å². The summed E-state index contributed by atoms with van der Waals surface area (Å²) in [5.74, 6) is -0.757. The molecule has 2 aliphatic rings. The van der Waals surface area contributed by atoms with E-state index in [9.17, 15) is 29.4 Å². The summed E-state index contributed by atoms with van der Waals surface area (Å²) in [4.78, 5) is 62.9. The predicted octanol–water partition coefficient (Wildman–Crippen LogP) is 5.13. The first kappa shape index (κ1) is 44.9. The lowest BCUT2D eigenvalue weighted by Crippen LogP contribution is -2.57. The number of amides is 4. The second kappa shape index (κ2) is 19.8. The normalized spacial score (nSPS) is 18.1. The molecule has 4 atom stereocenters. The molecule has 7 N–H and O–H groups in total. The number of hydrogen-bond acceptors (Lipinski definition) is 12. The van der Waals surface area contributed by atoms with Crippen LogP contribution in [0.4, 0.5) is 11.5 Å². The van der Waals surface area contributed by atoms with Crippen LogP contribution in [0.25, 0.3) is 21.7 Å². The van der Waals surface area contributed by atoms with Gasteiger partial charge in [-0.25, -0.2) is 4.98 Å². The smallest absolute Gasteiger partial charge is 0.246 e. The molecule has 4 heterocycles. The van der Waals surface area contributed by atoms with E-state index in [-0.39, 0.29) is 54.8 Å². The molecule has 0 spiro atoms. The summed E-state index contributed by atoms with van der Waals surface area (Å²) in [5.41, 5.74) is 12.1. The summed E-state index contributed by atoms with van der Waals surface area (Å²) in [6.07, 6.45) is 2.73. The Hall–Kier alpha value is -5.61. The molecule has 0 saturated carbocycles. The summed E-state index contributed by atoms with van der Waals surface area (Å²) in [5, 5.41) is 38.2. The van der Waals surface area contributed by atoms with Crippen molar-refractivity contribution in [2.45, 2.75) is 104 Å². The number of carbonyl (C=O) groups is 4. The quantitative estimate of drug-likeness (QED) is 0.0863. The molecule has 2 aromatic heterocycles. The Morgan fingerprint density at radius 2 is 1.69 bits per heavy atom. The maximum Gasteiger partial charge on any atom is 0.246 e. The number of nitrogens with zero attached hydrogens (tertiary/aromatic N) is 5. The van der Waals surface area contributed by atoms with Crippen LogP contribution in [0.3, 0.4) is 0 Å². The molecule has 4 amide bonds. The van der Waals surface area contributed by atoms with Crippen LogP contribution in [-0.4, -0.2) is 98.3 Å². The molecule has 2 aliphatic heterocycles. The van der Waals surface area contributed by atoms with Crippen LogP contribution in [0.5, 0.6) is 5.75 Å². The summed E-state index contributed by atoms with van der Waals surface area (Å²) in [6, 6.07) is 14.6. The number of aliphatic hydroxyl groups is 1. The molecular formula is C45H59N9O6S. The van der Waals surface area contributed by atoms with Gasteiger partial charge in [0.2, 0.25) is 23.6 Å². The molecular weight excluding hydrogens is 795 g/mol. The van der Waals surface area contributed by atoms with E-state index in [1.54, 1.807) is 29.5 Å². The minimum atomic E-state index is -0.906. The number of nitrogens with one attached hydrogen (secondary N) is 3. The zero-order chi connectivity index (χ0) is 43.8. The van der Waals surface area contributed by atoms with Crippen molar-refractivity contribution in [3.8, 4) is 27.4 Å². The molecule has 61 heavy (non-hydrogen) atoms. The number of phenols is 1. The molecule has 0 bridgehead atoms. The molecule has 2 fully saturated rings. The number of rotatable bonds is 15. The van der Waals surface area contributed by atoms with E-state index in [0.29, 0.717) is 68.8 Å². The second-order valence-corrected chi connectivity index (χ2v) is 18.1. The Bertz CT molecular complexity index is 2170. The summed E-state index contributed by atoms with van der Waals surface area (Å²) < 4.78 is 0. The van der Waals surface area contributed by atoms with Gasteiger partial charge in [-0.1, -0.05) is 63.6 Å². The Morgan fingerprint density at radius 1 is 0.967 bits per heavy atom. The Balaban J connectivity index is 0.922. The first-order valence-corrected chi connectivity index (χ1v) is 22.0. The van der Waals surface area contributed by atoms with Gasteiger partial charge >= 0.3 is 0 Å². The number of carbonyl (C=O) groups excluding carboxylic acids is 4. The Labute approximate surface area is 361 Å². The lowest BCUT2D eigenvalue weighted by atomic mass is 9.85. The minimum Gasteiger partial charge on any atom is -0.507 e. The van der Waals surface area contributed by atoms with Gasteiger partial charge in [-0.2, -0.15) is 0 Å². The number of thiazole rings is 1. The Kier molecular flexibility index (Phi) is 14.6. The average Bonchev–Trinajstić information content (AvgIpc) is 3.86. The van der Waals surface area contributed by atoms with Gasteiger partial charge in [0.15, 0.2) is 5.82 Å². The first-order valence-electron chi connectivity index (χ1n) is 21.1. The first-order chi connectivity index (χ1) is 29.1. The van der Waals surface area contributed by atoms with Gasteiger partial charge in [-0.15, -0.1) is 21.5 Å². The van der Waals surface area contributed by atoms with Crippen molar-refractivity contribution in [1.82, 2.24) is 36.0 Å². The maximum atomic E-state index is 14.1. The SMILES string of the molecule is Cc1ncsc1-c1ccc([C@H](C)NC(=O)[C@@H]2C[C@@H](O)CN2C(=O)[C@@H](NC(=O)CCCCCNC(=O)C2CCN(c3cc(-c4ccccc4O)nnc3N)CC2)C(C)(C)C)cc1. The third kappa shape index (κ3) is 11.2. The van der Waals surface area contributed by atoms with Crippen LogP contribution >= 0.6 is 11.3 Å². The number of β-amino-alcohol motifs (C(OH)–C–C–N with tert-alkyl or cyclic N) is 1. The lowest BCUT2D eigenvalue weighted by Gasteiger charge is -2.35. The van der Waals surface area contributed by atoms with Crippen molar-refractivity contribution in [3.63, 3.8) is 0 Å². The third-order valence-corrected chi connectivity index (χ3v) is 12.6. The molecule has 0 radical (unpaired) electrons. The fourth-order valence-electron chi connectivity index (χ4n) is 8.04. The van der Waals surface area contributed by atoms with Gasteiger partial charge < -0.3 is 41.7 Å². The molecule has 2 aromatic carbocycles. The van der Waals surface area contributed by atoms with E-state index in [1.165, 1.54) is 4.90 Å². The number of nitrogens with two attached hydrogens (primary N) is 1. The van der Waals surface area contributed by atoms with Crippen LogP contribution in [0.15, 0.2) is 60.1 Å². The summed E-state index contributed by atoms with van der Waals surface area (Å²) in [6.45, 7) is 11.2. The van der Waals surface area contributed by atoms with E-state index in [2.05, 4.69) is 36.0 Å². The van der Waals surface area contributed by atoms with Gasteiger partial charge in [0.1, 0.15) is 17.8 Å². The molecule has 4 aromatic rings. The van der Waals surface area contributed by atoms with Crippen LogP contribution in [0, 0.1) is 18.3 Å². The molecule has 326 valence electrons. The molecule has 2 saturated heterocycles. The van der Waals surface area contributed by atoms with Crippen molar-refractivity contribution < 1.29 is 29.4 Å². The standard InChI is InChI=1S/C45H59N9O6S/c1-27(29-14-16-30(17-15-29)39-28(2)48-26-61-39)49-43(59)36-23-32(55)25-54(36)44(60)40(45(3,4)5)50-38(57)13-7-6-10-20-47-42(58)31-18-21-53(22-19-31)35-24-34(51-52-41(35)46)33-11-8-9-12-37(33)56/h8-9,11-12,14-17,24,26-27,31-32,36,40,55-56H,6-7,10,13,18-23,25H2,1-5H3,(H2,46,52)(H,47,58)(H,49,59)(H,50,57)/t27-,32+,36-,40+/m0/s1. The Morgan fingerprint density at radius 3 is 2.36 bits per heavy atom. The summed E-state index contributed by atoms with van der Waals surface area (Å²) >= 11 is 1.58. The highest BCUT2D eigenvalue weighted by atomic mass is 32.1. The van der Waals surface area contributed by atoms with E-state index >= 15 is 0 Å². The lowest BCUT2D eigenvalue weighted by molar-refractivity contribution is -0.144. The minimum absolute atomic E-state index is 0.0000486. The predicted molar refractivity (Wildman–Crippen MR) is 236 cm³/mol. The number of hydrogen-bond donors (Lipinski definition) is 6. The maximum absolute atomic E-state index is 14.1. The van der Waals surface area contributed by atoms with Gasteiger partial charge in [-0.3, -0.25) is 19.2 Å². The largest absolute Gasteiger partial charge is 0.507 e. The fraction of sp³-hybridized carbons (Fsp3) is 0.489. The number of nitrogen functional groups attached to an aromatic ring is 1. The molecule has 0 unspecified atom stereocenters. The zero-order valence-corrected chi connectivity index (χ0v) is 36.5. The van der Waals surface area contributed by atoms with E-state index in [4.69, 9.17) is 5.73 Å². The number of anilines is 2. The van der Waals surface area contributed by atoms with Crippen molar-refractivity contribution in [2.24, 2.45) is 11.3 Å². The number of unbranched alkanes of at least 4 members (excludes halogenated alkanes) is 2. The monoisotopic (exact) mass is 853 g/mol.